The summed E-state index contributed by atoms with van der Waals surface area (Å²) >= 11 is 0. The van der Waals surface area contributed by atoms with Crippen LogP contribution in [0.5, 0.6) is 0 Å². The summed E-state index contributed by atoms with van der Waals surface area (Å²) in [6.45, 7) is 3.05. The first kappa shape index (κ1) is 15.4. The normalized spacial score (nSPS) is 11.3. The van der Waals surface area contributed by atoms with Gasteiger partial charge in [0.15, 0.2) is 0 Å². The van der Waals surface area contributed by atoms with Crippen molar-refractivity contribution >= 4 is 15.7 Å². The SMILES string of the molecule is CCCNc1ccc(S(=O)(=O)NCc2cccnn2)cc1. The zero-order valence-electron chi connectivity index (χ0n) is 11.8. The lowest BCUT2D eigenvalue weighted by Crippen LogP contribution is -2.23. The summed E-state index contributed by atoms with van der Waals surface area (Å²) in [6.07, 6.45) is 2.56. The average molecular weight is 306 g/mol. The van der Waals surface area contributed by atoms with Crippen LogP contribution in [0.25, 0.3) is 0 Å². The van der Waals surface area contributed by atoms with Gasteiger partial charge in [0.1, 0.15) is 0 Å². The van der Waals surface area contributed by atoms with Gasteiger partial charge in [-0.2, -0.15) is 10.2 Å². The number of sulfonamides is 1. The lowest BCUT2D eigenvalue weighted by molar-refractivity contribution is 0.580. The molecule has 0 unspecified atom stereocenters. The van der Waals surface area contributed by atoms with E-state index in [2.05, 4.69) is 27.2 Å². The van der Waals surface area contributed by atoms with Gasteiger partial charge in [-0.3, -0.25) is 0 Å². The standard InChI is InChI=1S/C14H18N4O2S/c1-2-9-15-12-5-7-14(8-6-12)21(19,20)17-11-13-4-3-10-16-18-13/h3-8,10,15,17H,2,9,11H2,1H3. The van der Waals surface area contributed by atoms with E-state index >= 15 is 0 Å². The van der Waals surface area contributed by atoms with Crippen LogP contribution in [0.2, 0.25) is 0 Å². The number of hydrogen-bond donors (Lipinski definition) is 2. The van der Waals surface area contributed by atoms with Crippen molar-refractivity contribution in [2.24, 2.45) is 0 Å². The summed E-state index contributed by atoms with van der Waals surface area (Å²) in [7, 11) is -3.54. The predicted molar refractivity (Wildman–Crippen MR) is 81.3 cm³/mol. The Bertz CT molecular complexity index is 657. The molecule has 0 radical (unpaired) electrons. The first-order valence-electron chi connectivity index (χ1n) is 6.72. The second-order valence-corrected chi connectivity index (χ2v) is 6.26. The van der Waals surface area contributed by atoms with Crippen LogP contribution < -0.4 is 10.0 Å². The molecule has 0 aliphatic heterocycles. The maximum atomic E-state index is 12.2. The van der Waals surface area contributed by atoms with E-state index in [9.17, 15) is 8.42 Å². The molecule has 1 aromatic carbocycles. The minimum Gasteiger partial charge on any atom is -0.385 e. The molecular weight excluding hydrogens is 288 g/mol. The highest BCUT2D eigenvalue weighted by atomic mass is 32.2. The third kappa shape index (κ3) is 4.51. The Morgan fingerprint density at radius 2 is 1.90 bits per heavy atom. The highest BCUT2D eigenvalue weighted by Crippen LogP contribution is 2.14. The van der Waals surface area contributed by atoms with E-state index in [1.54, 1.807) is 42.6 Å². The molecule has 0 amide bonds. The number of nitrogens with zero attached hydrogens (tertiary/aromatic N) is 2. The van der Waals surface area contributed by atoms with Crippen molar-refractivity contribution in [2.45, 2.75) is 24.8 Å². The molecule has 0 aliphatic carbocycles. The second-order valence-electron chi connectivity index (χ2n) is 4.49. The molecule has 1 aromatic heterocycles. The minimum absolute atomic E-state index is 0.117. The molecule has 0 spiro atoms. The van der Waals surface area contributed by atoms with Crippen LogP contribution >= 0.6 is 0 Å². The van der Waals surface area contributed by atoms with Crippen LogP contribution in [0.4, 0.5) is 5.69 Å². The van der Waals surface area contributed by atoms with Crippen molar-refractivity contribution in [3.63, 3.8) is 0 Å². The molecule has 112 valence electrons. The summed E-state index contributed by atoms with van der Waals surface area (Å²) in [5, 5.41) is 10.7. The van der Waals surface area contributed by atoms with Crippen molar-refractivity contribution in [1.29, 1.82) is 0 Å². The molecule has 1 heterocycles. The quantitative estimate of drug-likeness (QED) is 0.814. The number of hydrogen-bond acceptors (Lipinski definition) is 5. The van der Waals surface area contributed by atoms with Crippen LogP contribution in [-0.4, -0.2) is 25.2 Å². The van der Waals surface area contributed by atoms with E-state index in [1.807, 2.05) is 0 Å². The Balaban J connectivity index is 2.02. The van der Waals surface area contributed by atoms with Gasteiger partial charge in [0.05, 0.1) is 17.1 Å². The van der Waals surface area contributed by atoms with Crippen molar-refractivity contribution in [1.82, 2.24) is 14.9 Å². The van der Waals surface area contributed by atoms with Crippen molar-refractivity contribution < 1.29 is 8.42 Å². The Morgan fingerprint density at radius 3 is 2.52 bits per heavy atom. The number of aromatic nitrogens is 2. The number of anilines is 1. The zero-order valence-corrected chi connectivity index (χ0v) is 12.6. The van der Waals surface area contributed by atoms with Gasteiger partial charge < -0.3 is 5.32 Å². The fraction of sp³-hybridized carbons (Fsp3) is 0.286. The third-order valence-electron chi connectivity index (χ3n) is 2.81. The lowest BCUT2D eigenvalue weighted by atomic mass is 10.3. The summed E-state index contributed by atoms with van der Waals surface area (Å²) in [6, 6.07) is 10.1. The molecule has 0 saturated carbocycles. The topological polar surface area (TPSA) is 84.0 Å². The number of nitrogens with one attached hydrogen (secondary N) is 2. The second kappa shape index (κ2) is 7.14. The van der Waals surface area contributed by atoms with Crippen LogP contribution in [-0.2, 0) is 16.6 Å². The average Bonchev–Trinajstić information content (AvgIpc) is 2.52. The molecule has 0 aliphatic rings. The fourth-order valence-corrected chi connectivity index (χ4v) is 2.70. The van der Waals surface area contributed by atoms with Crippen molar-refractivity contribution in [2.75, 3.05) is 11.9 Å². The third-order valence-corrected chi connectivity index (χ3v) is 4.23. The van der Waals surface area contributed by atoms with Crippen LogP contribution in [0.3, 0.4) is 0 Å². The first-order valence-corrected chi connectivity index (χ1v) is 8.20. The molecule has 0 saturated heterocycles. The molecule has 6 nitrogen and oxygen atoms in total. The maximum absolute atomic E-state index is 12.2. The van der Waals surface area contributed by atoms with Gasteiger partial charge in [-0.1, -0.05) is 6.92 Å². The van der Waals surface area contributed by atoms with Crippen molar-refractivity contribution in [3.8, 4) is 0 Å². The molecule has 7 heteroatoms. The largest absolute Gasteiger partial charge is 0.385 e. The Morgan fingerprint density at radius 1 is 1.14 bits per heavy atom. The van der Waals surface area contributed by atoms with Gasteiger partial charge in [0.2, 0.25) is 10.0 Å². The Kier molecular flexibility index (Phi) is 5.24. The highest BCUT2D eigenvalue weighted by molar-refractivity contribution is 7.89. The summed E-state index contributed by atoms with van der Waals surface area (Å²) in [4.78, 5) is 0.230. The molecule has 2 rings (SSSR count). The summed E-state index contributed by atoms with van der Waals surface area (Å²) in [5.41, 5.74) is 1.48. The zero-order chi connectivity index (χ0) is 15.1. The van der Waals surface area contributed by atoms with Gasteiger partial charge in [-0.25, -0.2) is 13.1 Å². The van der Waals surface area contributed by atoms with Crippen molar-refractivity contribution in [3.05, 3.63) is 48.3 Å². The molecule has 0 fully saturated rings. The monoisotopic (exact) mass is 306 g/mol. The van der Waals surface area contributed by atoms with Gasteiger partial charge in [0.25, 0.3) is 0 Å². The summed E-state index contributed by atoms with van der Waals surface area (Å²) < 4.78 is 26.8. The summed E-state index contributed by atoms with van der Waals surface area (Å²) in [5.74, 6) is 0. The smallest absolute Gasteiger partial charge is 0.240 e. The van der Waals surface area contributed by atoms with Gasteiger partial charge >= 0.3 is 0 Å². The number of benzene rings is 1. The Labute approximate surface area is 124 Å². The molecule has 0 bridgehead atoms. The number of rotatable bonds is 7. The predicted octanol–water partition coefficient (Wildman–Crippen LogP) is 1.78. The Hall–Kier alpha value is -1.99. The van der Waals surface area contributed by atoms with Gasteiger partial charge in [0, 0.05) is 18.4 Å². The van der Waals surface area contributed by atoms with Crippen LogP contribution in [0, 0.1) is 0 Å². The van der Waals surface area contributed by atoms with E-state index in [1.165, 1.54) is 0 Å². The van der Waals surface area contributed by atoms with Gasteiger partial charge in [-0.15, -0.1) is 0 Å². The van der Waals surface area contributed by atoms with E-state index < -0.39 is 10.0 Å². The van der Waals surface area contributed by atoms with E-state index in [0.29, 0.717) is 5.69 Å². The molecule has 21 heavy (non-hydrogen) atoms. The molecular formula is C14H18N4O2S. The van der Waals surface area contributed by atoms with E-state index in [0.717, 1.165) is 18.7 Å². The highest BCUT2D eigenvalue weighted by Gasteiger charge is 2.13. The molecule has 0 atom stereocenters. The first-order chi connectivity index (χ1) is 10.1. The molecule has 2 N–H and O–H groups in total. The fourth-order valence-electron chi connectivity index (χ4n) is 1.70. The van der Waals surface area contributed by atoms with Crippen LogP contribution in [0.1, 0.15) is 19.0 Å². The van der Waals surface area contributed by atoms with Crippen LogP contribution in [0.15, 0.2) is 47.5 Å². The molecule has 2 aromatic rings. The van der Waals surface area contributed by atoms with Gasteiger partial charge in [-0.05, 0) is 42.8 Å². The van der Waals surface area contributed by atoms with E-state index in [4.69, 9.17) is 0 Å². The van der Waals surface area contributed by atoms with E-state index in [-0.39, 0.29) is 11.4 Å². The lowest BCUT2D eigenvalue weighted by Gasteiger charge is -2.08. The minimum atomic E-state index is -3.54. The maximum Gasteiger partial charge on any atom is 0.240 e.